The Morgan fingerprint density at radius 2 is 1.82 bits per heavy atom. The van der Waals surface area contributed by atoms with Crippen molar-refractivity contribution in [2.75, 3.05) is 4.90 Å². The number of amides is 2. The van der Waals surface area contributed by atoms with Gasteiger partial charge in [0.2, 0.25) is 11.8 Å². The van der Waals surface area contributed by atoms with Crippen molar-refractivity contribution in [1.82, 2.24) is 9.78 Å². The van der Waals surface area contributed by atoms with Gasteiger partial charge >= 0.3 is 0 Å². The van der Waals surface area contributed by atoms with Gasteiger partial charge in [-0.25, -0.2) is 18.4 Å². The molecule has 10 heteroatoms. The summed E-state index contributed by atoms with van der Waals surface area (Å²) in [5.41, 5.74) is 0.812. The number of aromatic nitrogens is 2. The summed E-state index contributed by atoms with van der Waals surface area (Å²) in [6.45, 7) is 0. The van der Waals surface area contributed by atoms with E-state index in [1.165, 1.54) is 17.4 Å². The molecule has 2 amide bonds. The largest absolute Gasteiger partial charge is 0.274 e. The lowest BCUT2D eigenvalue weighted by Crippen LogP contribution is -2.31. The van der Waals surface area contributed by atoms with Crippen LogP contribution in [0.1, 0.15) is 6.42 Å². The molecule has 4 rings (SSSR count). The minimum Gasteiger partial charge on any atom is -0.274 e. The molecule has 28 heavy (non-hydrogen) atoms. The van der Waals surface area contributed by atoms with E-state index in [9.17, 15) is 18.4 Å². The van der Waals surface area contributed by atoms with Gasteiger partial charge in [0.15, 0.2) is 19.9 Å². The lowest BCUT2D eigenvalue weighted by atomic mass is 10.3. The van der Waals surface area contributed by atoms with Gasteiger partial charge in [-0.2, -0.15) is 0 Å². The van der Waals surface area contributed by atoms with Gasteiger partial charge in [0.05, 0.1) is 11.4 Å². The highest BCUT2D eigenvalue weighted by molar-refractivity contribution is 8.02. The number of thioether (sulfide) groups is 1. The fourth-order valence-corrected chi connectivity index (χ4v) is 5.38. The third-order valence-corrected chi connectivity index (χ3v) is 6.54. The molecule has 5 nitrogen and oxygen atoms in total. The molecule has 1 aliphatic rings. The fraction of sp³-hybridized carbons (Fsp3) is 0.111. The molecule has 1 saturated heterocycles. The minimum absolute atomic E-state index is 0.0134. The van der Waals surface area contributed by atoms with Gasteiger partial charge in [-0.3, -0.25) is 9.59 Å². The molecule has 0 N–H and O–H groups in total. The Balaban J connectivity index is 1.57. The molecule has 1 unspecified atom stereocenters. The molecular weight excluding hydrogens is 424 g/mol. The van der Waals surface area contributed by atoms with Crippen LogP contribution in [0.2, 0.25) is 0 Å². The average molecular weight is 436 g/mol. The van der Waals surface area contributed by atoms with Crippen LogP contribution in [0, 0.1) is 15.6 Å². The monoisotopic (exact) mass is 435 g/mol. The number of hydrogen-bond acceptors (Lipinski definition) is 6. The topological polar surface area (TPSA) is 55.2 Å². The van der Waals surface area contributed by atoms with Gasteiger partial charge in [-0.1, -0.05) is 41.3 Å². The Kier molecular flexibility index (Phi) is 5.09. The molecule has 0 spiro atoms. The molecule has 142 valence electrons. The second kappa shape index (κ2) is 7.53. The zero-order chi connectivity index (χ0) is 19.8. The number of carbonyl (C=O) groups excluding carboxylic acids is 2. The second-order valence-electron chi connectivity index (χ2n) is 5.86. The van der Waals surface area contributed by atoms with Crippen molar-refractivity contribution in [3.63, 3.8) is 0 Å². The molecule has 0 saturated carbocycles. The summed E-state index contributed by atoms with van der Waals surface area (Å²) >= 11 is 7.72. The second-order valence-corrected chi connectivity index (χ2v) is 8.93. The van der Waals surface area contributed by atoms with E-state index in [0.717, 1.165) is 34.5 Å². The molecule has 1 aromatic heterocycles. The first-order chi connectivity index (χ1) is 13.4. The molecule has 3 aromatic rings. The maximum Gasteiger partial charge on any atom is 0.247 e. The van der Waals surface area contributed by atoms with Crippen LogP contribution in [0.5, 0.6) is 0 Å². The lowest BCUT2D eigenvalue weighted by Gasteiger charge is -2.14. The Labute approximate surface area is 171 Å². The number of anilines is 1. The number of imide groups is 1. The van der Waals surface area contributed by atoms with E-state index in [1.54, 1.807) is 4.68 Å². The van der Waals surface area contributed by atoms with Crippen molar-refractivity contribution in [1.29, 1.82) is 0 Å². The quantitative estimate of drug-likeness (QED) is 0.450. The smallest absolute Gasteiger partial charge is 0.247 e. The van der Waals surface area contributed by atoms with E-state index in [2.05, 4.69) is 5.10 Å². The summed E-state index contributed by atoms with van der Waals surface area (Å²) in [6.07, 6.45) is -0.0554. The standard InChI is InChI=1S/C18H11F2N3O2S3/c19-12-7-6-11(8-13(12)20)22-15(24)9-14(16(22)25)27-17-21-23(18(26)28-17)10-4-2-1-3-5-10/h1-8,14H,9H2. The average Bonchev–Trinajstić information content (AvgIpc) is 3.17. The Bertz CT molecular complexity index is 1130. The van der Waals surface area contributed by atoms with Gasteiger partial charge < -0.3 is 0 Å². The summed E-state index contributed by atoms with van der Waals surface area (Å²) in [6, 6.07) is 12.3. The van der Waals surface area contributed by atoms with Crippen LogP contribution in [0.15, 0.2) is 52.9 Å². The number of nitrogens with zero attached hydrogens (tertiary/aromatic N) is 3. The normalized spacial score (nSPS) is 16.8. The Hall–Kier alpha value is -2.43. The van der Waals surface area contributed by atoms with Crippen molar-refractivity contribution in [2.45, 2.75) is 16.0 Å². The predicted octanol–water partition coefficient (Wildman–Crippen LogP) is 4.37. The van der Waals surface area contributed by atoms with E-state index in [-0.39, 0.29) is 12.1 Å². The van der Waals surface area contributed by atoms with Crippen LogP contribution in [-0.2, 0) is 9.59 Å². The third kappa shape index (κ3) is 3.50. The highest BCUT2D eigenvalue weighted by Crippen LogP contribution is 2.35. The number of hydrogen-bond donors (Lipinski definition) is 0. The van der Waals surface area contributed by atoms with Crippen LogP contribution in [-0.4, -0.2) is 26.8 Å². The zero-order valence-corrected chi connectivity index (χ0v) is 16.5. The summed E-state index contributed by atoms with van der Waals surface area (Å²) in [5.74, 6) is -3.12. The zero-order valence-electron chi connectivity index (χ0n) is 14.0. The summed E-state index contributed by atoms with van der Waals surface area (Å²) in [5, 5.41) is 3.73. The van der Waals surface area contributed by atoms with Crippen molar-refractivity contribution in [2.24, 2.45) is 0 Å². The van der Waals surface area contributed by atoms with E-state index in [1.807, 2.05) is 30.3 Å². The molecule has 2 aromatic carbocycles. The molecule has 2 heterocycles. The van der Waals surface area contributed by atoms with Gasteiger partial charge in [-0.05, 0) is 36.5 Å². The Morgan fingerprint density at radius 3 is 2.54 bits per heavy atom. The van der Waals surface area contributed by atoms with Crippen molar-refractivity contribution < 1.29 is 18.4 Å². The summed E-state index contributed by atoms with van der Waals surface area (Å²) in [4.78, 5) is 25.9. The fourth-order valence-electron chi connectivity index (χ4n) is 2.75. The lowest BCUT2D eigenvalue weighted by molar-refractivity contribution is -0.121. The predicted molar refractivity (Wildman–Crippen MR) is 105 cm³/mol. The maximum absolute atomic E-state index is 13.5. The van der Waals surface area contributed by atoms with Crippen LogP contribution in [0.4, 0.5) is 14.5 Å². The number of para-hydroxylation sites is 1. The van der Waals surface area contributed by atoms with Crippen molar-refractivity contribution in [3.8, 4) is 5.69 Å². The summed E-state index contributed by atoms with van der Waals surface area (Å²) < 4.78 is 29.3. The van der Waals surface area contributed by atoms with Gasteiger partial charge in [0, 0.05) is 12.5 Å². The number of halogens is 2. The first kappa shape index (κ1) is 18.9. The third-order valence-electron chi connectivity index (χ3n) is 4.04. The van der Waals surface area contributed by atoms with Crippen molar-refractivity contribution >= 4 is 52.8 Å². The Morgan fingerprint density at radius 1 is 1.07 bits per heavy atom. The first-order valence-corrected chi connectivity index (χ1v) is 10.2. The molecule has 1 aliphatic heterocycles. The van der Waals surface area contributed by atoms with Crippen LogP contribution < -0.4 is 4.90 Å². The van der Waals surface area contributed by atoms with E-state index >= 15 is 0 Å². The van der Waals surface area contributed by atoms with E-state index < -0.39 is 28.7 Å². The highest BCUT2D eigenvalue weighted by Gasteiger charge is 2.41. The van der Waals surface area contributed by atoms with Gasteiger partial charge in [0.1, 0.15) is 5.25 Å². The molecule has 0 aliphatic carbocycles. The maximum atomic E-state index is 13.5. The SMILES string of the molecule is O=C1CC(Sc2nn(-c3ccccc3)c(=S)s2)C(=O)N1c1ccc(F)c(F)c1. The van der Waals surface area contributed by atoms with Crippen LogP contribution >= 0.6 is 35.3 Å². The molecule has 1 atom stereocenters. The molecular formula is C18H11F2N3O2S3. The minimum atomic E-state index is -1.12. The number of rotatable bonds is 4. The van der Waals surface area contributed by atoms with Gasteiger partial charge in [0.25, 0.3) is 0 Å². The first-order valence-electron chi connectivity index (χ1n) is 8.08. The highest BCUT2D eigenvalue weighted by atomic mass is 32.2. The summed E-state index contributed by atoms with van der Waals surface area (Å²) in [7, 11) is 0. The van der Waals surface area contributed by atoms with Crippen molar-refractivity contribution in [3.05, 3.63) is 64.1 Å². The van der Waals surface area contributed by atoms with E-state index in [0.29, 0.717) is 8.29 Å². The molecule has 0 radical (unpaired) electrons. The molecule has 0 bridgehead atoms. The number of carbonyl (C=O) groups is 2. The van der Waals surface area contributed by atoms with Crippen LogP contribution in [0.3, 0.4) is 0 Å². The van der Waals surface area contributed by atoms with Crippen LogP contribution in [0.25, 0.3) is 5.69 Å². The molecule has 1 fully saturated rings. The van der Waals surface area contributed by atoms with Gasteiger partial charge in [-0.15, -0.1) is 5.10 Å². The number of benzene rings is 2. The van der Waals surface area contributed by atoms with E-state index in [4.69, 9.17) is 12.2 Å².